The van der Waals surface area contributed by atoms with Gasteiger partial charge in [0.1, 0.15) is 6.07 Å². The Balaban J connectivity index is 2.33. The third-order valence-electron chi connectivity index (χ3n) is 1.80. The van der Waals surface area contributed by atoms with Gasteiger partial charge in [-0.05, 0) is 24.3 Å². The molecule has 1 nitrogen and oxygen atoms in total. The monoisotopic (exact) mass is 159 g/mol. The Morgan fingerprint density at radius 3 is 2.60 bits per heavy atom. The van der Waals surface area contributed by atoms with Gasteiger partial charge in [-0.2, -0.15) is 17.0 Å². The van der Waals surface area contributed by atoms with E-state index < -0.39 is 6.17 Å². The van der Waals surface area contributed by atoms with E-state index in [2.05, 4.69) is 0 Å². The van der Waals surface area contributed by atoms with Gasteiger partial charge in [0.15, 0.2) is 6.17 Å². The number of alkyl halides is 1. The van der Waals surface area contributed by atoms with Gasteiger partial charge in [0.2, 0.25) is 0 Å². The van der Waals surface area contributed by atoms with Crippen molar-refractivity contribution in [3.05, 3.63) is 0 Å². The van der Waals surface area contributed by atoms with Crippen LogP contribution in [-0.2, 0) is 0 Å². The van der Waals surface area contributed by atoms with Gasteiger partial charge in [0, 0.05) is 5.92 Å². The predicted octanol–water partition coefficient (Wildman–Crippen LogP) is 1.99. The topological polar surface area (TPSA) is 23.8 Å². The minimum Gasteiger partial charge on any atom is -0.231 e. The molecule has 0 aromatic carbocycles. The van der Waals surface area contributed by atoms with E-state index in [4.69, 9.17) is 5.26 Å². The van der Waals surface area contributed by atoms with E-state index in [0.717, 1.165) is 24.3 Å². The Bertz CT molecular complexity index is 137. The van der Waals surface area contributed by atoms with Crippen LogP contribution in [0.2, 0.25) is 0 Å². The van der Waals surface area contributed by atoms with Gasteiger partial charge < -0.3 is 0 Å². The van der Waals surface area contributed by atoms with Gasteiger partial charge in [-0.25, -0.2) is 4.39 Å². The molecule has 0 N–H and O–H groups in total. The van der Waals surface area contributed by atoms with E-state index in [1.807, 2.05) is 11.8 Å². The van der Waals surface area contributed by atoms with Gasteiger partial charge in [-0.1, -0.05) is 0 Å². The van der Waals surface area contributed by atoms with Crippen LogP contribution in [0.25, 0.3) is 0 Å². The van der Waals surface area contributed by atoms with Crippen molar-refractivity contribution in [2.24, 2.45) is 5.92 Å². The SMILES string of the molecule is N#CC(F)C1CCSCC1. The average molecular weight is 159 g/mol. The number of thioether (sulfide) groups is 1. The molecule has 0 bridgehead atoms. The van der Waals surface area contributed by atoms with Crippen molar-refractivity contribution in [3.8, 4) is 6.07 Å². The zero-order valence-electron chi connectivity index (χ0n) is 5.72. The highest BCUT2D eigenvalue weighted by Crippen LogP contribution is 2.26. The number of hydrogen-bond donors (Lipinski definition) is 0. The first-order valence-electron chi connectivity index (χ1n) is 3.46. The summed E-state index contributed by atoms with van der Waals surface area (Å²) < 4.78 is 12.6. The molecule has 0 aliphatic carbocycles. The zero-order chi connectivity index (χ0) is 7.40. The molecular weight excluding hydrogens is 149 g/mol. The van der Waals surface area contributed by atoms with Gasteiger partial charge in [0.05, 0.1) is 0 Å². The largest absolute Gasteiger partial charge is 0.231 e. The van der Waals surface area contributed by atoms with E-state index in [1.165, 1.54) is 0 Å². The summed E-state index contributed by atoms with van der Waals surface area (Å²) in [4.78, 5) is 0. The summed E-state index contributed by atoms with van der Waals surface area (Å²) in [6.07, 6.45) is 0.527. The van der Waals surface area contributed by atoms with Crippen molar-refractivity contribution >= 4 is 11.8 Å². The van der Waals surface area contributed by atoms with Crippen molar-refractivity contribution in [1.82, 2.24) is 0 Å². The van der Waals surface area contributed by atoms with Crippen LogP contribution in [0.4, 0.5) is 4.39 Å². The molecule has 56 valence electrons. The van der Waals surface area contributed by atoms with Crippen molar-refractivity contribution < 1.29 is 4.39 Å². The third-order valence-corrected chi connectivity index (χ3v) is 2.85. The Morgan fingerprint density at radius 1 is 1.50 bits per heavy atom. The van der Waals surface area contributed by atoms with Gasteiger partial charge in [-0.15, -0.1) is 0 Å². The first-order chi connectivity index (χ1) is 4.84. The first-order valence-corrected chi connectivity index (χ1v) is 4.61. The lowest BCUT2D eigenvalue weighted by molar-refractivity contribution is 0.274. The molecule has 1 heterocycles. The van der Waals surface area contributed by atoms with Crippen LogP contribution in [-0.4, -0.2) is 17.7 Å². The molecule has 1 atom stereocenters. The molecule has 0 spiro atoms. The molecule has 0 aromatic heterocycles. The average Bonchev–Trinajstić information content (AvgIpc) is 2.05. The minimum atomic E-state index is -1.22. The van der Waals surface area contributed by atoms with Crippen LogP contribution in [0.5, 0.6) is 0 Å². The molecule has 0 saturated carbocycles. The summed E-state index contributed by atoms with van der Waals surface area (Å²) in [5.74, 6) is 2.06. The van der Waals surface area contributed by atoms with Crippen molar-refractivity contribution in [2.45, 2.75) is 19.0 Å². The van der Waals surface area contributed by atoms with E-state index in [9.17, 15) is 4.39 Å². The Hall–Kier alpha value is -0.230. The van der Waals surface area contributed by atoms with Crippen LogP contribution in [0.15, 0.2) is 0 Å². The quantitative estimate of drug-likeness (QED) is 0.584. The van der Waals surface area contributed by atoms with Crippen LogP contribution in [0, 0.1) is 17.2 Å². The summed E-state index contributed by atoms with van der Waals surface area (Å²) in [5, 5.41) is 8.26. The molecule has 1 aliphatic rings. The smallest absolute Gasteiger partial charge is 0.189 e. The lowest BCUT2D eigenvalue weighted by Gasteiger charge is -2.20. The van der Waals surface area contributed by atoms with Crippen LogP contribution >= 0.6 is 11.8 Å². The Kier molecular flexibility index (Phi) is 3.01. The molecule has 1 saturated heterocycles. The first kappa shape index (κ1) is 7.87. The summed E-state index contributed by atoms with van der Waals surface area (Å²) in [7, 11) is 0. The maximum absolute atomic E-state index is 12.6. The molecule has 1 rings (SSSR count). The second kappa shape index (κ2) is 3.82. The van der Waals surface area contributed by atoms with Gasteiger partial charge >= 0.3 is 0 Å². The maximum Gasteiger partial charge on any atom is 0.189 e. The highest BCUT2D eigenvalue weighted by atomic mass is 32.2. The third kappa shape index (κ3) is 1.88. The second-order valence-electron chi connectivity index (χ2n) is 2.48. The van der Waals surface area contributed by atoms with E-state index in [1.54, 1.807) is 6.07 Å². The Labute approximate surface area is 64.6 Å². The molecule has 1 unspecified atom stereocenters. The molecule has 3 heteroatoms. The van der Waals surface area contributed by atoms with Crippen LogP contribution < -0.4 is 0 Å². The number of rotatable bonds is 1. The van der Waals surface area contributed by atoms with Crippen molar-refractivity contribution in [1.29, 1.82) is 5.26 Å². The van der Waals surface area contributed by atoms with Crippen molar-refractivity contribution in [3.63, 3.8) is 0 Å². The summed E-state index contributed by atoms with van der Waals surface area (Å²) in [6.45, 7) is 0. The molecule has 0 radical (unpaired) electrons. The highest BCUT2D eigenvalue weighted by Gasteiger charge is 2.22. The Morgan fingerprint density at radius 2 is 2.10 bits per heavy atom. The van der Waals surface area contributed by atoms with E-state index >= 15 is 0 Å². The van der Waals surface area contributed by atoms with Crippen LogP contribution in [0.1, 0.15) is 12.8 Å². The van der Waals surface area contributed by atoms with Gasteiger partial charge in [0.25, 0.3) is 0 Å². The predicted molar refractivity (Wildman–Crippen MR) is 40.6 cm³/mol. The number of halogens is 1. The number of nitrogens with zero attached hydrogens (tertiary/aromatic N) is 1. The normalized spacial score (nSPS) is 23.6. The fourth-order valence-electron chi connectivity index (χ4n) is 1.11. The summed E-state index contributed by atoms with van der Waals surface area (Å²) in [5.41, 5.74) is 0. The lowest BCUT2D eigenvalue weighted by Crippen LogP contribution is -2.19. The maximum atomic E-state index is 12.6. The van der Waals surface area contributed by atoms with E-state index in [0.29, 0.717) is 0 Å². The second-order valence-corrected chi connectivity index (χ2v) is 3.71. The lowest BCUT2D eigenvalue weighted by atomic mass is 9.98. The van der Waals surface area contributed by atoms with Gasteiger partial charge in [-0.3, -0.25) is 0 Å². The van der Waals surface area contributed by atoms with E-state index in [-0.39, 0.29) is 5.92 Å². The summed E-state index contributed by atoms with van der Waals surface area (Å²) >= 11 is 1.85. The van der Waals surface area contributed by atoms with Crippen LogP contribution in [0.3, 0.4) is 0 Å². The van der Waals surface area contributed by atoms with Crippen molar-refractivity contribution in [2.75, 3.05) is 11.5 Å². The number of nitriles is 1. The number of hydrogen-bond acceptors (Lipinski definition) is 2. The zero-order valence-corrected chi connectivity index (χ0v) is 6.53. The fourth-order valence-corrected chi connectivity index (χ4v) is 2.26. The molecule has 0 amide bonds. The fraction of sp³-hybridized carbons (Fsp3) is 0.857. The molecule has 1 fully saturated rings. The molecular formula is C7H10FNS. The molecule has 10 heavy (non-hydrogen) atoms. The highest BCUT2D eigenvalue weighted by molar-refractivity contribution is 7.99. The summed E-state index contributed by atoms with van der Waals surface area (Å²) in [6, 6.07) is 1.66. The molecule has 0 aromatic rings. The minimum absolute atomic E-state index is 0.0197. The molecule has 1 aliphatic heterocycles. The standard InChI is InChI=1S/C7H10FNS/c8-7(5-9)6-1-3-10-4-2-6/h6-7H,1-4H2.